The molecule has 0 aliphatic carbocycles. The van der Waals surface area contributed by atoms with E-state index in [4.69, 9.17) is 0 Å². The van der Waals surface area contributed by atoms with E-state index in [1.165, 1.54) is 4.90 Å². The van der Waals surface area contributed by atoms with E-state index in [0.717, 1.165) is 5.69 Å². The van der Waals surface area contributed by atoms with Gasteiger partial charge in [0.1, 0.15) is 12.1 Å². The Morgan fingerprint density at radius 3 is 2.67 bits per heavy atom. The van der Waals surface area contributed by atoms with Gasteiger partial charge in [0.15, 0.2) is 0 Å². The lowest BCUT2D eigenvalue weighted by atomic mass is 10.0. The van der Waals surface area contributed by atoms with Crippen molar-refractivity contribution in [2.45, 2.75) is 32.9 Å². The van der Waals surface area contributed by atoms with Gasteiger partial charge in [0, 0.05) is 6.20 Å². The molecule has 1 aliphatic rings. The zero-order chi connectivity index (χ0) is 13.3. The lowest BCUT2D eigenvalue weighted by molar-refractivity contribution is -0.149. The van der Waals surface area contributed by atoms with Crippen LogP contribution < -0.4 is 5.32 Å². The summed E-state index contributed by atoms with van der Waals surface area (Å²) in [7, 11) is 0. The molecule has 2 heterocycles. The van der Waals surface area contributed by atoms with Crippen LogP contribution in [0.25, 0.3) is 0 Å². The van der Waals surface area contributed by atoms with Gasteiger partial charge in [-0.3, -0.25) is 19.6 Å². The van der Waals surface area contributed by atoms with E-state index < -0.39 is 5.54 Å². The third-order valence-corrected chi connectivity index (χ3v) is 2.80. The largest absolute Gasteiger partial charge is 0.341 e. The minimum Gasteiger partial charge on any atom is -0.341 e. The molecule has 2 rings (SSSR count). The Morgan fingerprint density at radius 1 is 1.33 bits per heavy atom. The van der Waals surface area contributed by atoms with Crippen LogP contribution in [0.15, 0.2) is 12.4 Å². The first-order valence-electron chi connectivity index (χ1n) is 5.76. The molecule has 1 saturated heterocycles. The van der Waals surface area contributed by atoms with E-state index in [1.807, 2.05) is 6.92 Å². The highest BCUT2D eigenvalue weighted by molar-refractivity contribution is 5.97. The number of carbonyl (C=O) groups excluding carboxylic acids is 2. The minimum absolute atomic E-state index is 0.0673. The van der Waals surface area contributed by atoms with Crippen LogP contribution in [0.1, 0.15) is 25.2 Å². The number of nitrogens with one attached hydrogen (secondary N) is 1. The van der Waals surface area contributed by atoms with Crippen LogP contribution in [0.2, 0.25) is 0 Å². The van der Waals surface area contributed by atoms with Gasteiger partial charge >= 0.3 is 0 Å². The average Bonchev–Trinajstić information content (AvgIpc) is 2.28. The van der Waals surface area contributed by atoms with Crippen molar-refractivity contribution in [3.05, 3.63) is 23.8 Å². The number of rotatable bonds is 2. The highest BCUT2D eigenvalue weighted by Crippen LogP contribution is 2.15. The number of piperazine rings is 1. The second kappa shape index (κ2) is 4.36. The topological polar surface area (TPSA) is 75.2 Å². The van der Waals surface area contributed by atoms with Crippen LogP contribution in [0.5, 0.6) is 0 Å². The fourth-order valence-electron chi connectivity index (χ4n) is 1.91. The number of nitrogens with zero attached hydrogens (tertiary/aromatic N) is 3. The van der Waals surface area contributed by atoms with Crippen molar-refractivity contribution < 1.29 is 9.59 Å². The van der Waals surface area contributed by atoms with Crippen molar-refractivity contribution in [3.8, 4) is 0 Å². The molecule has 0 bridgehead atoms. The van der Waals surface area contributed by atoms with E-state index in [0.29, 0.717) is 12.2 Å². The molecular weight excluding hydrogens is 232 g/mol. The smallest absolute Gasteiger partial charge is 0.248 e. The monoisotopic (exact) mass is 248 g/mol. The molecule has 0 spiro atoms. The van der Waals surface area contributed by atoms with Gasteiger partial charge in [0.25, 0.3) is 0 Å². The van der Waals surface area contributed by atoms with Gasteiger partial charge in [-0.1, -0.05) is 0 Å². The number of aromatic nitrogens is 2. The molecule has 18 heavy (non-hydrogen) atoms. The molecule has 1 N–H and O–H groups in total. The Kier molecular flexibility index (Phi) is 3.02. The van der Waals surface area contributed by atoms with Crippen molar-refractivity contribution in [3.63, 3.8) is 0 Å². The van der Waals surface area contributed by atoms with E-state index in [2.05, 4.69) is 15.3 Å². The van der Waals surface area contributed by atoms with E-state index in [-0.39, 0.29) is 18.4 Å². The van der Waals surface area contributed by atoms with Crippen molar-refractivity contribution in [1.29, 1.82) is 0 Å². The second-order valence-electron chi connectivity index (χ2n) is 4.98. The Balaban J connectivity index is 2.15. The summed E-state index contributed by atoms with van der Waals surface area (Å²) in [5, 5.41) is 2.66. The predicted octanol–water partition coefficient (Wildman–Crippen LogP) is 0.0220. The third-order valence-electron chi connectivity index (χ3n) is 2.80. The van der Waals surface area contributed by atoms with Crippen LogP contribution in [-0.2, 0) is 16.1 Å². The zero-order valence-corrected chi connectivity index (χ0v) is 10.7. The first kappa shape index (κ1) is 12.5. The van der Waals surface area contributed by atoms with Crippen molar-refractivity contribution in [2.24, 2.45) is 0 Å². The first-order valence-corrected chi connectivity index (χ1v) is 5.76. The average molecular weight is 248 g/mol. The molecule has 1 aliphatic heterocycles. The molecule has 1 aromatic rings. The maximum Gasteiger partial charge on any atom is 0.248 e. The van der Waals surface area contributed by atoms with Crippen molar-refractivity contribution in [1.82, 2.24) is 20.2 Å². The SMILES string of the molecule is Cc1cnc(CN2CC(=O)NC(C)(C)C2=O)cn1. The van der Waals surface area contributed by atoms with Crippen molar-refractivity contribution in [2.75, 3.05) is 6.54 Å². The predicted molar refractivity (Wildman–Crippen MR) is 64.4 cm³/mol. The second-order valence-corrected chi connectivity index (χ2v) is 4.98. The molecular formula is C12H16N4O2. The maximum absolute atomic E-state index is 12.1. The highest BCUT2D eigenvalue weighted by atomic mass is 16.2. The number of aryl methyl sites for hydroxylation is 1. The lowest BCUT2D eigenvalue weighted by Crippen LogP contribution is -2.63. The molecule has 0 aromatic carbocycles. The summed E-state index contributed by atoms with van der Waals surface area (Å²) in [4.78, 5) is 33.5. The van der Waals surface area contributed by atoms with Crippen LogP contribution in [0.4, 0.5) is 0 Å². The van der Waals surface area contributed by atoms with Crippen LogP contribution in [0, 0.1) is 6.92 Å². The number of hydrogen-bond acceptors (Lipinski definition) is 4. The normalized spacial score (nSPS) is 18.7. The summed E-state index contributed by atoms with van der Waals surface area (Å²) < 4.78 is 0. The van der Waals surface area contributed by atoms with Gasteiger partial charge in [-0.2, -0.15) is 0 Å². The van der Waals surface area contributed by atoms with Gasteiger partial charge in [-0.15, -0.1) is 0 Å². The number of amides is 2. The zero-order valence-electron chi connectivity index (χ0n) is 10.7. The van der Waals surface area contributed by atoms with Gasteiger partial charge < -0.3 is 10.2 Å². The highest BCUT2D eigenvalue weighted by Gasteiger charge is 2.39. The minimum atomic E-state index is -0.854. The Labute approximate surface area is 105 Å². The fraction of sp³-hybridized carbons (Fsp3) is 0.500. The third kappa shape index (κ3) is 2.47. The van der Waals surface area contributed by atoms with Gasteiger partial charge in [0.05, 0.1) is 24.1 Å². The molecule has 0 saturated carbocycles. The van der Waals surface area contributed by atoms with Gasteiger partial charge in [-0.05, 0) is 20.8 Å². The van der Waals surface area contributed by atoms with Crippen LogP contribution in [0.3, 0.4) is 0 Å². The summed E-state index contributed by atoms with van der Waals surface area (Å²) >= 11 is 0. The van der Waals surface area contributed by atoms with E-state index >= 15 is 0 Å². The molecule has 96 valence electrons. The first-order chi connectivity index (χ1) is 8.38. The van der Waals surface area contributed by atoms with Gasteiger partial charge in [0.2, 0.25) is 11.8 Å². The summed E-state index contributed by atoms with van der Waals surface area (Å²) in [5.74, 6) is -0.260. The number of carbonyl (C=O) groups is 2. The van der Waals surface area contributed by atoms with Crippen molar-refractivity contribution >= 4 is 11.8 Å². The standard InChI is InChI=1S/C12H16N4O2/c1-8-4-14-9(5-13-8)6-16-7-10(17)15-12(2,3)11(16)18/h4-5H,6-7H2,1-3H3,(H,15,17). The maximum atomic E-state index is 12.1. The molecule has 1 aromatic heterocycles. The Bertz CT molecular complexity index is 481. The molecule has 1 fully saturated rings. The summed E-state index contributed by atoms with van der Waals surface area (Å²) in [6, 6.07) is 0. The van der Waals surface area contributed by atoms with E-state index in [9.17, 15) is 9.59 Å². The van der Waals surface area contributed by atoms with Crippen LogP contribution in [-0.4, -0.2) is 38.8 Å². The summed E-state index contributed by atoms with van der Waals surface area (Å²) in [6.07, 6.45) is 3.27. The quantitative estimate of drug-likeness (QED) is 0.800. The van der Waals surface area contributed by atoms with Gasteiger partial charge in [-0.25, -0.2) is 0 Å². The number of hydrogen-bond donors (Lipinski definition) is 1. The molecule has 0 radical (unpaired) electrons. The van der Waals surface area contributed by atoms with E-state index in [1.54, 1.807) is 26.2 Å². The summed E-state index contributed by atoms with van der Waals surface area (Å²) in [5.41, 5.74) is 0.647. The lowest BCUT2D eigenvalue weighted by Gasteiger charge is -2.37. The fourth-order valence-corrected chi connectivity index (χ4v) is 1.91. The Morgan fingerprint density at radius 2 is 2.06 bits per heavy atom. The molecule has 0 unspecified atom stereocenters. The molecule has 6 nitrogen and oxygen atoms in total. The molecule has 2 amide bonds. The molecule has 0 atom stereocenters. The Hall–Kier alpha value is -1.98. The van der Waals surface area contributed by atoms with Crippen LogP contribution >= 0.6 is 0 Å². The molecule has 6 heteroatoms. The summed E-state index contributed by atoms with van der Waals surface area (Å²) in [6.45, 7) is 5.61.